The molecule has 0 saturated carbocycles. The predicted octanol–water partition coefficient (Wildman–Crippen LogP) is 2.67. The molecule has 0 atom stereocenters. The number of esters is 1. The molecule has 6 heteroatoms. The lowest BCUT2D eigenvalue weighted by Crippen LogP contribution is -2.32. The number of aryl methyl sites for hydroxylation is 1. The summed E-state index contributed by atoms with van der Waals surface area (Å²) in [7, 11) is 1.74. The molecule has 0 aliphatic rings. The molecule has 0 aliphatic heterocycles. The molecule has 1 amide bonds. The van der Waals surface area contributed by atoms with E-state index < -0.39 is 5.97 Å². The molecule has 1 aromatic carbocycles. The van der Waals surface area contributed by atoms with E-state index >= 15 is 0 Å². The van der Waals surface area contributed by atoms with E-state index in [1.54, 1.807) is 29.9 Å². The first-order valence-corrected chi connectivity index (χ1v) is 8.56. The number of amides is 1. The fraction of sp³-hybridized carbons (Fsp3) is 0.400. The van der Waals surface area contributed by atoms with Gasteiger partial charge in [0.2, 0.25) is 0 Å². The molecule has 6 nitrogen and oxygen atoms in total. The van der Waals surface area contributed by atoms with E-state index in [1.807, 2.05) is 24.3 Å². The topological polar surface area (TPSA) is 69.6 Å². The van der Waals surface area contributed by atoms with Gasteiger partial charge in [0.25, 0.3) is 5.91 Å². The van der Waals surface area contributed by atoms with Crippen LogP contribution < -0.4 is 10.1 Å². The highest BCUT2D eigenvalue weighted by atomic mass is 16.5. The standard InChI is InChI=1S/C20H26N2O4/c1-20(2,3)15-7-9-16(10-8-15)25-13-11-21-18(23)14-26-19(24)17-6-5-12-22(17)4/h5-10,12H,11,13-14H2,1-4H3,(H,21,23). The number of nitrogens with one attached hydrogen (secondary N) is 1. The molecule has 0 unspecified atom stereocenters. The minimum Gasteiger partial charge on any atom is -0.492 e. The zero-order valence-electron chi connectivity index (χ0n) is 15.7. The van der Waals surface area contributed by atoms with Crippen LogP contribution >= 0.6 is 0 Å². The summed E-state index contributed by atoms with van der Waals surface area (Å²) in [6.07, 6.45) is 1.74. The van der Waals surface area contributed by atoms with Crippen molar-refractivity contribution >= 4 is 11.9 Å². The number of hydrogen-bond donors (Lipinski definition) is 1. The third kappa shape index (κ3) is 5.65. The molecule has 0 fully saturated rings. The van der Waals surface area contributed by atoms with Gasteiger partial charge in [-0.25, -0.2) is 4.79 Å². The van der Waals surface area contributed by atoms with Gasteiger partial charge in [-0.05, 0) is 35.2 Å². The van der Waals surface area contributed by atoms with E-state index in [1.165, 1.54) is 5.56 Å². The van der Waals surface area contributed by atoms with Gasteiger partial charge in [0.15, 0.2) is 6.61 Å². The van der Waals surface area contributed by atoms with Gasteiger partial charge in [0, 0.05) is 13.2 Å². The number of benzene rings is 1. The molecule has 0 radical (unpaired) electrons. The lowest BCUT2D eigenvalue weighted by Gasteiger charge is -2.19. The van der Waals surface area contributed by atoms with E-state index in [0.717, 1.165) is 5.75 Å². The summed E-state index contributed by atoms with van der Waals surface area (Å²) in [5.74, 6) is -0.135. The fourth-order valence-electron chi connectivity index (χ4n) is 2.34. The van der Waals surface area contributed by atoms with Gasteiger partial charge in [-0.3, -0.25) is 4.79 Å². The molecule has 2 rings (SSSR count). The van der Waals surface area contributed by atoms with E-state index in [0.29, 0.717) is 18.8 Å². The van der Waals surface area contributed by atoms with Crippen LogP contribution in [0, 0.1) is 0 Å². The number of ether oxygens (including phenoxy) is 2. The number of aromatic nitrogens is 1. The molecule has 0 aliphatic carbocycles. The van der Waals surface area contributed by atoms with Gasteiger partial charge < -0.3 is 19.4 Å². The van der Waals surface area contributed by atoms with E-state index in [2.05, 4.69) is 26.1 Å². The quantitative estimate of drug-likeness (QED) is 0.610. The van der Waals surface area contributed by atoms with Crippen LogP contribution in [0.2, 0.25) is 0 Å². The van der Waals surface area contributed by atoms with Crippen LogP contribution in [-0.2, 0) is 22.0 Å². The number of nitrogens with zero attached hydrogens (tertiary/aromatic N) is 1. The summed E-state index contributed by atoms with van der Waals surface area (Å²) >= 11 is 0. The fourth-order valence-corrected chi connectivity index (χ4v) is 2.34. The molecule has 1 aromatic heterocycles. The third-order valence-corrected chi connectivity index (χ3v) is 3.90. The summed E-state index contributed by atoms with van der Waals surface area (Å²) < 4.78 is 12.2. The van der Waals surface area contributed by atoms with Crippen LogP contribution in [-0.4, -0.2) is 36.2 Å². The van der Waals surface area contributed by atoms with Crippen molar-refractivity contribution in [3.8, 4) is 5.75 Å². The summed E-state index contributed by atoms with van der Waals surface area (Å²) in [5.41, 5.74) is 1.74. The lowest BCUT2D eigenvalue weighted by molar-refractivity contribution is -0.124. The van der Waals surface area contributed by atoms with Crippen molar-refractivity contribution in [1.29, 1.82) is 0 Å². The Bertz CT molecular complexity index is 742. The highest BCUT2D eigenvalue weighted by Gasteiger charge is 2.13. The van der Waals surface area contributed by atoms with Crippen molar-refractivity contribution in [3.63, 3.8) is 0 Å². The molecule has 1 heterocycles. The predicted molar refractivity (Wildman–Crippen MR) is 99.3 cm³/mol. The van der Waals surface area contributed by atoms with Crippen LogP contribution in [0.5, 0.6) is 5.75 Å². The Hall–Kier alpha value is -2.76. The van der Waals surface area contributed by atoms with Crippen molar-refractivity contribution in [3.05, 3.63) is 53.9 Å². The summed E-state index contributed by atoms with van der Waals surface area (Å²) in [5, 5.41) is 2.66. The highest BCUT2D eigenvalue weighted by Crippen LogP contribution is 2.24. The van der Waals surface area contributed by atoms with Gasteiger partial charge in [-0.15, -0.1) is 0 Å². The third-order valence-electron chi connectivity index (χ3n) is 3.90. The first kappa shape index (κ1) is 19.6. The average Bonchev–Trinajstić information content (AvgIpc) is 3.02. The Morgan fingerprint density at radius 1 is 1.12 bits per heavy atom. The summed E-state index contributed by atoms with van der Waals surface area (Å²) in [6.45, 7) is 6.83. The summed E-state index contributed by atoms with van der Waals surface area (Å²) in [6, 6.07) is 11.3. The van der Waals surface area contributed by atoms with Crippen LogP contribution in [0.25, 0.3) is 0 Å². The molecule has 0 bridgehead atoms. The molecule has 0 spiro atoms. The maximum Gasteiger partial charge on any atom is 0.355 e. The Morgan fingerprint density at radius 2 is 1.81 bits per heavy atom. The van der Waals surface area contributed by atoms with Crippen molar-refractivity contribution in [2.24, 2.45) is 7.05 Å². The second-order valence-corrected chi connectivity index (χ2v) is 7.05. The Balaban J connectivity index is 1.66. The summed E-state index contributed by atoms with van der Waals surface area (Å²) in [4.78, 5) is 23.5. The van der Waals surface area contributed by atoms with Crippen LogP contribution in [0.15, 0.2) is 42.6 Å². The normalized spacial score (nSPS) is 11.1. The van der Waals surface area contributed by atoms with Gasteiger partial charge >= 0.3 is 5.97 Å². The monoisotopic (exact) mass is 358 g/mol. The molecular formula is C20H26N2O4. The zero-order chi connectivity index (χ0) is 19.2. The molecular weight excluding hydrogens is 332 g/mol. The molecule has 26 heavy (non-hydrogen) atoms. The van der Waals surface area contributed by atoms with Crippen LogP contribution in [0.3, 0.4) is 0 Å². The molecule has 1 N–H and O–H groups in total. The zero-order valence-corrected chi connectivity index (χ0v) is 15.7. The van der Waals surface area contributed by atoms with Gasteiger partial charge in [-0.1, -0.05) is 32.9 Å². The van der Waals surface area contributed by atoms with Gasteiger partial charge in [0.05, 0.1) is 6.54 Å². The van der Waals surface area contributed by atoms with E-state index in [9.17, 15) is 9.59 Å². The maximum atomic E-state index is 11.8. The Morgan fingerprint density at radius 3 is 2.38 bits per heavy atom. The van der Waals surface area contributed by atoms with Gasteiger partial charge in [-0.2, -0.15) is 0 Å². The molecule has 140 valence electrons. The SMILES string of the molecule is Cn1cccc1C(=O)OCC(=O)NCCOc1ccc(C(C)(C)C)cc1. The second kappa shape index (κ2) is 8.56. The van der Waals surface area contributed by atoms with Crippen molar-refractivity contribution < 1.29 is 19.1 Å². The maximum absolute atomic E-state index is 11.8. The minimum atomic E-state index is -0.525. The van der Waals surface area contributed by atoms with Gasteiger partial charge in [0.1, 0.15) is 18.1 Å². The second-order valence-electron chi connectivity index (χ2n) is 7.05. The average molecular weight is 358 g/mol. The minimum absolute atomic E-state index is 0.101. The molecule has 0 saturated heterocycles. The van der Waals surface area contributed by atoms with Crippen molar-refractivity contribution in [2.45, 2.75) is 26.2 Å². The largest absolute Gasteiger partial charge is 0.492 e. The number of rotatable bonds is 7. The first-order chi connectivity index (χ1) is 12.3. The van der Waals surface area contributed by atoms with E-state index in [4.69, 9.17) is 9.47 Å². The van der Waals surface area contributed by atoms with E-state index in [-0.39, 0.29) is 17.9 Å². The number of carbonyl (C=O) groups is 2. The molecule has 2 aromatic rings. The highest BCUT2D eigenvalue weighted by molar-refractivity contribution is 5.89. The number of carbonyl (C=O) groups excluding carboxylic acids is 2. The van der Waals surface area contributed by atoms with Crippen LogP contribution in [0.1, 0.15) is 36.8 Å². The van der Waals surface area contributed by atoms with Crippen LogP contribution in [0.4, 0.5) is 0 Å². The van der Waals surface area contributed by atoms with Crippen molar-refractivity contribution in [1.82, 2.24) is 9.88 Å². The Labute approximate surface area is 154 Å². The Kier molecular flexibility index (Phi) is 6.44. The number of hydrogen-bond acceptors (Lipinski definition) is 4. The smallest absolute Gasteiger partial charge is 0.355 e. The first-order valence-electron chi connectivity index (χ1n) is 8.56. The van der Waals surface area contributed by atoms with Crippen molar-refractivity contribution in [2.75, 3.05) is 19.8 Å². The lowest BCUT2D eigenvalue weighted by atomic mass is 9.87.